The van der Waals surface area contributed by atoms with Crippen molar-refractivity contribution in [1.29, 1.82) is 0 Å². The molecule has 1 aliphatic rings. The first-order valence-electron chi connectivity index (χ1n) is 6.54. The molecule has 0 spiro atoms. The minimum Gasteiger partial charge on any atom is -0.492 e. The van der Waals surface area contributed by atoms with Crippen LogP contribution in [0.15, 0.2) is 18.5 Å². The Labute approximate surface area is 108 Å². The van der Waals surface area contributed by atoms with Crippen LogP contribution >= 0.6 is 0 Å². The summed E-state index contributed by atoms with van der Waals surface area (Å²) in [5.74, 6) is 0.769. The van der Waals surface area contributed by atoms with E-state index in [-0.39, 0.29) is 11.2 Å². The zero-order chi connectivity index (χ0) is 13.0. The van der Waals surface area contributed by atoms with Gasteiger partial charge in [0.1, 0.15) is 5.75 Å². The van der Waals surface area contributed by atoms with Gasteiger partial charge in [-0.2, -0.15) is 0 Å². The van der Waals surface area contributed by atoms with Gasteiger partial charge in [0, 0.05) is 23.7 Å². The molecule has 4 heteroatoms. The molecule has 0 unspecified atom stereocenters. The lowest BCUT2D eigenvalue weighted by Gasteiger charge is -2.25. The summed E-state index contributed by atoms with van der Waals surface area (Å²) < 4.78 is 5.38. The van der Waals surface area contributed by atoms with E-state index in [1.165, 1.54) is 0 Å². The minimum atomic E-state index is -0.369. The number of ketones is 1. The van der Waals surface area contributed by atoms with Gasteiger partial charge in [-0.1, -0.05) is 12.8 Å². The highest BCUT2D eigenvalue weighted by molar-refractivity contribution is 6.00. The van der Waals surface area contributed by atoms with Crippen LogP contribution in [0.1, 0.15) is 43.0 Å². The van der Waals surface area contributed by atoms with Crippen molar-refractivity contribution in [2.45, 2.75) is 32.6 Å². The lowest BCUT2D eigenvalue weighted by molar-refractivity contribution is 0.0809. The van der Waals surface area contributed by atoms with Crippen molar-refractivity contribution in [3.05, 3.63) is 24.0 Å². The number of carbonyl (C=O) groups excluding carboxylic acids is 1. The summed E-state index contributed by atoms with van der Waals surface area (Å²) >= 11 is 0. The molecule has 1 heterocycles. The Hall–Kier alpha value is -1.42. The first-order valence-corrected chi connectivity index (χ1v) is 6.54. The summed E-state index contributed by atoms with van der Waals surface area (Å²) in [5.41, 5.74) is 6.08. The third-order valence-corrected chi connectivity index (χ3v) is 3.72. The molecule has 0 atom stereocenters. The van der Waals surface area contributed by atoms with Crippen molar-refractivity contribution in [3.63, 3.8) is 0 Å². The number of Topliss-reactive ketones (excluding diaryl/α,β-unsaturated/α-hetero) is 1. The fourth-order valence-electron chi connectivity index (χ4n) is 2.67. The predicted molar refractivity (Wildman–Crippen MR) is 69.7 cm³/mol. The maximum atomic E-state index is 12.6. The Morgan fingerprint density at radius 1 is 1.44 bits per heavy atom. The van der Waals surface area contributed by atoms with Crippen LogP contribution in [0.5, 0.6) is 5.75 Å². The number of nitrogens with zero attached hydrogens (tertiary/aromatic N) is 1. The zero-order valence-electron chi connectivity index (χ0n) is 10.8. The summed E-state index contributed by atoms with van der Waals surface area (Å²) in [6.07, 6.45) is 7.19. The van der Waals surface area contributed by atoms with E-state index < -0.39 is 0 Å². The van der Waals surface area contributed by atoms with Crippen LogP contribution < -0.4 is 10.5 Å². The van der Waals surface area contributed by atoms with Crippen molar-refractivity contribution in [2.75, 3.05) is 13.2 Å². The van der Waals surface area contributed by atoms with Crippen LogP contribution in [-0.4, -0.2) is 23.9 Å². The van der Waals surface area contributed by atoms with E-state index >= 15 is 0 Å². The molecule has 18 heavy (non-hydrogen) atoms. The lowest BCUT2D eigenvalue weighted by Crippen LogP contribution is -2.36. The van der Waals surface area contributed by atoms with Gasteiger partial charge in [-0.05, 0) is 25.8 Å². The number of hydrogen-bond acceptors (Lipinski definition) is 4. The summed E-state index contributed by atoms with van der Waals surface area (Å²) in [5, 5.41) is 0. The molecule has 4 nitrogen and oxygen atoms in total. The second-order valence-corrected chi connectivity index (χ2v) is 4.86. The molecule has 2 N–H and O–H groups in total. The van der Waals surface area contributed by atoms with E-state index in [0.29, 0.717) is 24.5 Å². The monoisotopic (exact) mass is 248 g/mol. The third kappa shape index (κ3) is 2.38. The summed E-state index contributed by atoms with van der Waals surface area (Å²) in [6, 6.07) is 1.77. The normalized spacial score (nSPS) is 17.7. The Morgan fingerprint density at radius 3 is 2.78 bits per heavy atom. The maximum Gasteiger partial charge on any atom is 0.171 e. The van der Waals surface area contributed by atoms with Crippen molar-refractivity contribution >= 4 is 5.78 Å². The highest BCUT2D eigenvalue weighted by atomic mass is 16.5. The first-order chi connectivity index (χ1) is 8.72. The van der Waals surface area contributed by atoms with Gasteiger partial charge in [-0.3, -0.25) is 9.78 Å². The number of hydrogen-bond donors (Lipinski definition) is 1. The molecule has 0 amide bonds. The van der Waals surface area contributed by atoms with E-state index in [9.17, 15) is 4.79 Å². The van der Waals surface area contributed by atoms with Gasteiger partial charge in [-0.15, -0.1) is 0 Å². The molecule has 1 saturated carbocycles. The number of rotatable bonds is 5. The van der Waals surface area contributed by atoms with Crippen LogP contribution in [0.2, 0.25) is 0 Å². The van der Waals surface area contributed by atoms with E-state index in [0.717, 1.165) is 25.7 Å². The first kappa shape index (κ1) is 13.0. The second-order valence-electron chi connectivity index (χ2n) is 4.86. The highest BCUT2D eigenvalue weighted by Crippen LogP contribution is 2.40. The van der Waals surface area contributed by atoms with Gasteiger partial charge >= 0.3 is 0 Å². The van der Waals surface area contributed by atoms with Crippen LogP contribution in [0, 0.1) is 5.41 Å². The van der Waals surface area contributed by atoms with Gasteiger partial charge in [0.25, 0.3) is 0 Å². The molecule has 1 aromatic rings. The van der Waals surface area contributed by atoms with Crippen molar-refractivity contribution < 1.29 is 9.53 Å². The maximum absolute atomic E-state index is 12.6. The van der Waals surface area contributed by atoms with Gasteiger partial charge in [0.15, 0.2) is 5.78 Å². The molecular weight excluding hydrogens is 228 g/mol. The van der Waals surface area contributed by atoms with Crippen molar-refractivity contribution in [1.82, 2.24) is 4.98 Å². The molecule has 1 aromatic heterocycles. The topological polar surface area (TPSA) is 65.2 Å². The number of pyridine rings is 1. The van der Waals surface area contributed by atoms with Gasteiger partial charge in [0.05, 0.1) is 12.8 Å². The largest absolute Gasteiger partial charge is 0.492 e. The average Bonchev–Trinajstić information content (AvgIpc) is 2.88. The number of nitrogens with two attached hydrogens (primary N) is 1. The van der Waals surface area contributed by atoms with Crippen LogP contribution in [0.3, 0.4) is 0 Å². The molecule has 0 radical (unpaired) electrons. The van der Waals surface area contributed by atoms with E-state index in [1.807, 2.05) is 6.92 Å². The van der Waals surface area contributed by atoms with Gasteiger partial charge in [0.2, 0.25) is 0 Å². The summed E-state index contributed by atoms with van der Waals surface area (Å²) in [4.78, 5) is 16.7. The predicted octanol–water partition coefficient (Wildman–Crippen LogP) is 2.18. The Morgan fingerprint density at radius 2 is 2.17 bits per heavy atom. The fraction of sp³-hybridized carbons (Fsp3) is 0.571. The third-order valence-electron chi connectivity index (χ3n) is 3.72. The van der Waals surface area contributed by atoms with Gasteiger partial charge in [-0.25, -0.2) is 0 Å². The summed E-state index contributed by atoms with van der Waals surface area (Å²) in [6.45, 7) is 2.90. The number of ether oxygens (including phenoxy) is 1. The molecule has 1 fully saturated rings. The van der Waals surface area contributed by atoms with Crippen LogP contribution in [0.25, 0.3) is 0 Å². The Balaban J connectivity index is 2.24. The zero-order valence-corrected chi connectivity index (χ0v) is 10.8. The van der Waals surface area contributed by atoms with Crippen molar-refractivity contribution in [3.8, 4) is 5.75 Å². The van der Waals surface area contributed by atoms with Crippen LogP contribution in [-0.2, 0) is 0 Å². The molecule has 0 aliphatic heterocycles. The molecule has 2 rings (SSSR count). The van der Waals surface area contributed by atoms with Gasteiger partial charge < -0.3 is 10.5 Å². The van der Waals surface area contributed by atoms with Crippen molar-refractivity contribution in [2.24, 2.45) is 11.1 Å². The SMILES string of the molecule is CCOc1cncc(C(=O)C2(CN)CCCC2)c1. The van der Waals surface area contributed by atoms with E-state index in [4.69, 9.17) is 10.5 Å². The standard InChI is InChI=1S/C14H20N2O2/c1-2-18-12-7-11(8-16-9-12)13(17)14(10-15)5-3-4-6-14/h7-9H,2-6,10,15H2,1H3. The number of aromatic nitrogens is 1. The lowest BCUT2D eigenvalue weighted by atomic mass is 9.79. The second kappa shape index (κ2) is 5.48. The molecule has 0 saturated heterocycles. The fourth-order valence-corrected chi connectivity index (χ4v) is 2.67. The van der Waals surface area contributed by atoms with E-state index in [1.54, 1.807) is 18.5 Å². The van der Waals surface area contributed by atoms with E-state index in [2.05, 4.69) is 4.98 Å². The Kier molecular flexibility index (Phi) is 3.97. The molecule has 0 aromatic carbocycles. The highest BCUT2D eigenvalue weighted by Gasteiger charge is 2.40. The number of carbonyl (C=O) groups is 1. The molecular formula is C14H20N2O2. The molecule has 0 bridgehead atoms. The Bertz CT molecular complexity index is 426. The molecule has 98 valence electrons. The molecule has 1 aliphatic carbocycles. The smallest absolute Gasteiger partial charge is 0.171 e. The van der Waals surface area contributed by atoms with Crippen LogP contribution in [0.4, 0.5) is 0 Å². The quantitative estimate of drug-likeness (QED) is 0.811. The average molecular weight is 248 g/mol. The minimum absolute atomic E-state index is 0.122. The summed E-state index contributed by atoms with van der Waals surface area (Å²) in [7, 11) is 0.